The number of nitriles is 1. The van der Waals surface area contributed by atoms with Crippen LogP contribution in [0, 0.1) is 21.4 Å². The van der Waals surface area contributed by atoms with Crippen LogP contribution in [0.1, 0.15) is 24.4 Å². The van der Waals surface area contributed by atoms with Crippen molar-refractivity contribution in [3.8, 4) is 6.07 Å². The number of non-ortho nitro benzene ring substituents is 1. The molecule has 2 aromatic carbocycles. The zero-order valence-corrected chi connectivity index (χ0v) is 13.8. The van der Waals surface area contributed by atoms with E-state index in [-0.39, 0.29) is 25.1 Å². The number of nitro groups is 1. The molecule has 1 unspecified atom stereocenters. The monoisotopic (exact) mass is 352 g/mol. The summed E-state index contributed by atoms with van der Waals surface area (Å²) < 4.78 is 4.99. The predicted octanol–water partition coefficient (Wildman–Crippen LogP) is 4.27. The first kappa shape index (κ1) is 18.7. The molecule has 26 heavy (non-hydrogen) atoms. The molecule has 0 spiro atoms. The van der Waals surface area contributed by atoms with Gasteiger partial charge >= 0.3 is 5.97 Å². The van der Waals surface area contributed by atoms with Crippen LogP contribution in [0.25, 0.3) is 0 Å². The molecule has 0 saturated heterocycles. The Labute approximate surface area is 149 Å². The molecule has 8 nitrogen and oxygen atoms in total. The van der Waals surface area contributed by atoms with Gasteiger partial charge in [-0.15, -0.1) is 0 Å². The standard InChI is InChI=1S/C18H16N4O4/c19-11-4-12-26-18(23)13-17(14-5-2-1-3-6-14)21-20-15-7-9-16(10-8-15)22(24)25/h1-3,5-10,17H,4,12-13H2. The molecule has 1 atom stereocenters. The van der Waals surface area contributed by atoms with Crippen LogP contribution in [-0.2, 0) is 9.53 Å². The number of carbonyl (C=O) groups is 1. The van der Waals surface area contributed by atoms with E-state index in [2.05, 4.69) is 10.2 Å². The molecule has 0 saturated carbocycles. The van der Waals surface area contributed by atoms with Crippen molar-refractivity contribution in [3.05, 3.63) is 70.3 Å². The van der Waals surface area contributed by atoms with E-state index in [1.807, 2.05) is 36.4 Å². The number of hydrogen-bond donors (Lipinski definition) is 0. The van der Waals surface area contributed by atoms with Crippen LogP contribution in [0.2, 0.25) is 0 Å². The Morgan fingerprint density at radius 3 is 2.50 bits per heavy atom. The van der Waals surface area contributed by atoms with Gasteiger partial charge in [0.1, 0.15) is 12.6 Å². The zero-order valence-electron chi connectivity index (χ0n) is 13.8. The Bertz CT molecular complexity index is 813. The number of nitro benzene ring substituents is 1. The highest BCUT2D eigenvalue weighted by Crippen LogP contribution is 2.25. The first-order valence-corrected chi connectivity index (χ1v) is 7.83. The number of carbonyl (C=O) groups excluding carboxylic acids is 1. The molecule has 2 aromatic rings. The molecule has 0 aliphatic carbocycles. The Hall–Kier alpha value is -3.60. The minimum atomic E-state index is -0.555. The Morgan fingerprint density at radius 1 is 1.19 bits per heavy atom. The quantitative estimate of drug-likeness (QED) is 0.231. The van der Waals surface area contributed by atoms with Crippen LogP contribution in [0.15, 0.2) is 64.8 Å². The maximum atomic E-state index is 11.9. The van der Waals surface area contributed by atoms with Gasteiger partial charge in [-0.2, -0.15) is 15.5 Å². The Balaban J connectivity index is 2.12. The van der Waals surface area contributed by atoms with Crippen molar-refractivity contribution in [2.75, 3.05) is 6.61 Å². The van der Waals surface area contributed by atoms with Gasteiger partial charge in [-0.1, -0.05) is 30.3 Å². The van der Waals surface area contributed by atoms with E-state index in [0.717, 1.165) is 5.56 Å². The van der Waals surface area contributed by atoms with Gasteiger partial charge in [-0.3, -0.25) is 14.9 Å². The van der Waals surface area contributed by atoms with Crippen LogP contribution in [0.3, 0.4) is 0 Å². The summed E-state index contributed by atoms with van der Waals surface area (Å²) >= 11 is 0. The van der Waals surface area contributed by atoms with Gasteiger partial charge in [0.25, 0.3) is 5.69 Å². The first-order valence-electron chi connectivity index (χ1n) is 7.83. The third kappa shape index (κ3) is 5.79. The number of hydrogen-bond acceptors (Lipinski definition) is 7. The van der Waals surface area contributed by atoms with Crippen LogP contribution < -0.4 is 0 Å². The maximum absolute atomic E-state index is 11.9. The van der Waals surface area contributed by atoms with Gasteiger partial charge in [0.05, 0.1) is 29.5 Å². The lowest BCUT2D eigenvalue weighted by Gasteiger charge is -2.11. The van der Waals surface area contributed by atoms with Crippen molar-refractivity contribution in [2.45, 2.75) is 18.9 Å². The number of esters is 1. The van der Waals surface area contributed by atoms with Crippen LogP contribution in [0.5, 0.6) is 0 Å². The fraction of sp³-hybridized carbons (Fsp3) is 0.222. The number of rotatable bonds is 8. The molecular formula is C18H16N4O4. The van der Waals surface area contributed by atoms with E-state index in [1.54, 1.807) is 0 Å². The van der Waals surface area contributed by atoms with Gasteiger partial charge in [-0.25, -0.2) is 0 Å². The third-order valence-electron chi connectivity index (χ3n) is 3.39. The van der Waals surface area contributed by atoms with E-state index < -0.39 is 16.9 Å². The van der Waals surface area contributed by atoms with Crippen LogP contribution in [0.4, 0.5) is 11.4 Å². The highest BCUT2D eigenvalue weighted by Gasteiger charge is 2.16. The largest absolute Gasteiger partial charge is 0.465 e. The van der Waals surface area contributed by atoms with E-state index in [1.165, 1.54) is 24.3 Å². The minimum absolute atomic E-state index is 0.0219. The molecule has 0 amide bonds. The number of azo groups is 1. The summed E-state index contributed by atoms with van der Waals surface area (Å²) in [6.45, 7) is 0.0380. The summed E-state index contributed by atoms with van der Waals surface area (Å²) in [5.74, 6) is -0.475. The summed E-state index contributed by atoms with van der Waals surface area (Å²) in [5.41, 5.74) is 1.19. The second kappa shape index (κ2) is 9.64. The lowest BCUT2D eigenvalue weighted by atomic mass is 10.1. The molecular weight excluding hydrogens is 336 g/mol. The van der Waals surface area contributed by atoms with Gasteiger partial charge in [-0.05, 0) is 17.7 Å². The molecule has 0 heterocycles. The fourth-order valence-corrected chi connectivity index (χ4v) is 2.11. The molecule has 0 aliphatic heterocycles. The lowest BCUT2D eigenvalue weighted by Crippen LogP contribution is -2.10. The second-order valence-electron chi connectivity index (χ2n) is 5.25. The molecule has 132 valence electrons. The summed E-state index contributed by atoms with van der Waals surface area (Å²) in [7, 11) is 0. The molecule has 0 N–H and O–H groups in total. The molecule has 0 aliphatic rings. The molecule has 0 bridgehead atoms. The molecule has 0 fully saturated rings. The Morgan fingerprint density at radius 2 is 1.88 bits per heavy atom. The third-order valence-corrected chi connectivity index (χ3v) is 3.39. The normalized spacial score (nSPS) is 11.7. The first-order chi connectivity index (χ1) is 12.6. The topological polar surface area (TPSA) is 118 Å². The van der Waals surface area contributed by atoms with Crippen LogP contribution in [-0.4, -0.2) is 17.5 Å². The van der Waals surface area contributed by atoms with Crippen molar-refractivity contribution in [3.63, 3.8) is 0 Å². The maximum Gasteiger partial charge on any atom is 0.308 e. The SMILES string of the molecule is N#CCCOC(=O)CC(N=Nc1ccc([N+](=O)[O-])cc1)c1ccccc1. The smallest absolute Gasteiger partial charge is 0.308 e. The van der Waals surface area contributed by atoms with Gasteiger partial charge in [0.2, 0.25) is 0 Å². The summed E-state index contributed by atoms with van der Waals surface area (Å²) in [6.07, 6.45) is 0.109. The average molecular weight is 352 g/mol. The molecule has 2 rings (SSSR count). The predicted molar refractivity (Wildman–Crippen MR) is 92.6 cm³/mol. The minimum Gasteiger partial charge on any atom is -0.465 e. The average Bonchev–Trinajstić information content (AvgIpc) is 2.66. The van der Waals surface area contributed by atoms with Crippen molar-refractivity contribution >= 4 is 17.3 Å². The van der Waals surface area contributed by atoms with Gasteiger partial charge in [0.15, 0.2) is 0 Å². The van der Waals surface area contributed by atoms with Gasteiger partial charge < -0.3 is 4.74 Å². The highest BCUT2D eigenvalue weighted by atomic mass is 16.6. The molecule has 8 heteroatoms. The van der Waals surface area contributed by atoms with E-state index >= 15 is 0 Å². The van der Waals surface area contributed by atoms with E-state index in [9.17, 15) is 14.9 Å². The summed E-state index contributed by atoms with van der Waals surface area (Å²) in [5, 5.41) is 27.4. The molecule has 0 aromatic heterocycles. The van der Waals surface area contributed by atoms with Crippen molar-refractivity contribution < 1.29 is 14.5 Å². The zero-order chi connectivity index (χ0) is 18.8. The number of ether oxygens (including phenoxy) is 1. The highest BCUT2D eigenvalue weighted by molar-refractivity contribution is 5.70. The van der Waals surface area contributed by atoms with Gasteiger partial charge in [0, 0.05) is 12.1 Å². The fourth-order valence-electron chi connectivity index (χ4n) is 2.11. The number of nitrogens with zero attached hydrogens (tertiary/aromatic N) is 4. The van der Waals surface area contributed by atoms with E-state index in [4.69, 9.17) is 10.00 Å². The van der Waals surface area contributed by atoms with Crippen molar-refractivity contribution in [1.29, 1.82) is 5.26 Å². The Kier molecular flexibility index (Phi) is 6.94. The summed E-state index contributed by atoms with van der Waals surface area (Å²) in [4.78, 5) is 22.1. The number of benzene rings is 2. The van der Waals surface area contributed by atoms with E-state index in [0.29, 0.717) is 5.69 Å². The lowest BCUT2D eigenvalue weighted by molar-refractivity contribution is -0.384. The van der Waals surface area contributed by atoms with Crippen molar-refractivity contribution in [1.82, 2.24) is 0 Å². The molecule has 0 radical (unpaired) electrons. The second-order valence-corrected chi connectivity index (χ2v) is 5.25. The van der Waals surface area contributed by atoms with Crippen molar-refractivity contribution in [2.24, 2.45) is 10.2 Å². The summed E-state index contributed by atoms with van der Waals surface area (Å²) in [6, 6.07) is 16.1. The van der Waals surface area contributed by atoms with Crippen LogP contribution >= 0.6 is 0 Å².